The first-order valence-electron chi connectivity index (χ1n) is 22.7. The van der Waals surface area contributed by atoms with Crippen LogP contribution in [0.1, 0.15) is 22.3 Å². The number of rotatable bonds is 7. The smallest absolute Gasteiger partial charge is 0.178 e. The first-order valence-corrected chi connectivity index (χ1v) is 22.7. The van der Waals surface area contributed by atoms with E-state index in [1.807, 2.05) is 24.3 Å². The lowest BCUT2D eigenvalue weighted by Crippen LogP contribution is -2.28. The standard InChI is InChI=1S/C63H40N2O2/c1-5-19-41(20-6-1)47-34-35-51(49-29-15-14-28-48(47)49)56-40-55(64-62(65-56)42-21-7-2-8-22-42)50-30-16-13-27-46(50)43-33-37-57-59(39-43)66-58-38-36-54-60(61(58)67-57)52-31-17-18-32-53(52)63(54,44-23-9-3-10-24-44)45-25-11-4-12-26-45/h1-40H. The van der Waals surface area contributed by atoms with Crippen molar-refractivity contribution < 1.29 is 9.47 Å². The topological polar surface area (TPSA) is 44.2 Å². The quantitative estimate of drug-likeness (QED) is 0.160. The lowest BCUT2D eigenvalue weighted by atomic mass is 9.68. The number of benzene rings is 10. The van der Waals surface area contributed by atoms with Crippen LogP contribution in [-0.4, -0.2) is 9.97 Å². The van der Waals surface area contributed by atoms with Crippen molar-refractivity contribution in [1.29, 1.82) is 0 Å². The Morgan fingerprint density at radius 1 is 0.313 bits per heavy atom. The molecule has 0 amide bonds. The van der Waals surface area contributed by atoms with Gasteiger partial charge in [0.1, 0.15) is 0 Å². The van der Waals surface area contributed by atoms with Gasteiger partial charge in [-0.1, -0.05) is 218 Å². The summed E-state index contributed by atoms with van der Waals surface area (Å²) in [5.74, 6) is 3.39. The van der Waals surface area contributed by atoms with Crippen LogP contribution < -0.4 is 9.47 Å². The molecule has 0 spiro atoms. The van der Waals surface area contributed by atoms with Crippen molar-refractivity contribution in [1.82, 2.24) is 9.97 Å². The highest BCUT2D eigenvalue weighted by atomic mass is 16.6. The van der Waals surface area contributed by atoms with Gasteiger partial charge in [0.05, 0.1) is 16.8 Å². The molecule has 11 aromatic rings. The molecule has 2 aliphatic rings. The van der Waals surface area contributed by atoms with Gasteiger partial charge in [-0.15, -0.1) is 0 Å². The summed E-state index contributed by atoms with van der Waals surface area (Å²) in [5, 5.41) is 2.31. The molecular formula is C63H40N2O2. The van der Waals surface area contributed by atoms with Crippen LogP contribution in [-0.2, 0) is 5.41 Å². The van der Waals surface area contributed by atoms with E-state index in [0.717, 1.165) is 61.5 Å². The molecule has 0 atom stereocenters. The van der Waals surface area contributed by atoms with Crippen molar-refractivity contribution in [3.05, 3.63) is 265 Å². The molecule has 0 saturated heterocycles. The van der Waals surface area contributed by atoms with E-state index in [1.165, 1.54) is 38.8 Å². The van der Waals surface area contributed by atoms with Gasteiger partial charge in [0.25, 0.3) is 0 Å². The van der Waals surface area contributed by atoms with Gasteiger partial charge in [0, 0.05) is 22.3 Å². The number of hydrogen-bond donors (Lipinski definition) is 0. The Labute approximate surface area is 389 Å². The van der Waals surface area contributed by atoms with Gasteiger partial charge in [-0.3, -0.25) is 0 Å². The summed E-state index contributed by atoms with van der Waals surface area (Å²) in [6.07, 6.45) is 0. The molecule has 0 N–H and O–H groups in total. The normalized spacial score (nSPS) is 12.8. The summed E-state index contributed by atoms with van der Waals surface area (Å²) in [4.78, 5) is 10.6. The van der Waals surface area contributed by atoms with E-state index in [4.69, 9.17) is 19.4 Å². The molecule has 4 heteroatoms. The van der Waals surface area contributed by atoms with E-state index in [-0.39, 0.29) is 0 Å². The summed E-state index contributed by atoms with van der Waals surface area (Å²) >= 11 is 0. The number of fused-ring (bicyclic) bond motifs is 7. The second-order valence-electron chi connectivity index (χ2n) is 17.2. The number of hydrogen-bond acceptors (Lipinski definition) is 4. The molecule has 67 heavy (non-hydrogen) atoms. The van der Waals surface area contributed by atoms with E-state index in [9.17, 15) is 0 Å². The Bertz CT molecular complexity index is 3640. The molecule has 2 heterocycles. The zero-order valence-corrected chi connectivity index (χ0v) is 36.3. The number of aromatic nitrogens is 2. The molecule has 1 aliphatic heterocycles. The van der Waals surface area contributed by atoms with Crippen molar-refractivity contribution >= 4 is 10.8 Å². The third-order valence-electron chi connectivity index (χ3n) is 13.5. The minimum Gasteiger partial charge on any atom is -0.449 e. The maximum Gasteiger partial charge on any atom is 0.178 e. The Hall–Kier alpha value is -8.86. The van der Waals surface area contributed by atoms with E-state index in [2.05, 4.69) is 218 Å². The first-order chi connectivity index (χ1) is 33.2. The van der Waals surface area contributed by atoms with Crippen molar-refractivity contribution in [3.63, 3.8) is 0 Å². The van der Waals surface area contributed by atoms with E-state index >= 15 is 0 Å². The van der Waals surface area contributed by atoms with Gasteiger partial charge in [-0.05, 0) is 85.1 Å². The van der Waals surface area contributed by atoms with Crippen LogP contribution in [0.3, 0.4) is 0 Å². The third kappa shape index (κ3) is 6.22. The fourth-order valence-electron chi connectivity index (χ4n) is 10.5. The molecule has 13 rings (SSSR count). The zero-order valence-electron chi connectivity index (χ0n) is 36.3. The Morgan fingerprint density at radius 3 is 1.55 bits per heavy atom. The molecule has 10 aromatic carbocycles. The number of ether oxygens (including phenoxy) is 2. The van der Waals surface area contributed by atoms with Gasteiger partial charge < -0.3 is 9.47 Å². The molecule has 0 unspecified atom stereocenters. The lowest BCUT2D eigenvalue weighted by molar-refractivity contribution is 0.360. The second-order valence-corrected chi connectivity index (χ2v) is 17.2. The summed E-state index contributed by atoms with van der Waals surface area (Å²) in [6, 6.07) is 85.3. The number of nitrogens with zero attached hydrogens (tertiary/aromatic N) is 2. The fraction of sp³-hybridized carbons (Fsp3) is 0.0159. The molecule has 0 radical (unpaired) electrons. The van der Waals surface area contributed by atoms with Crippen LogP contribution in [0, 0.1) is 0 Å². The van der Waals surface area contributed by atoms with Crippen molar-refractivity contribution in [2.45, 2.75) is 5.41 Å². The molecule has 1 aliphatic carbocycles. The molecule has 0 fully saturated rings. The van der Waals surface area contributed by atoms with Crippen LogP contribution >= 0.6 is 0 Å². The van der Waals surface area contributed by atoms with Crippen LogP contribution in [0.5, 0.6) is 23.0 Å². The highest BCUT2D eigenvalue weighted by molar-refractivity contribution is 6.05. The Balaban J connectivity index is 0.921. The van der Waals surface area contributed by atoms with Gasteiger partial charge in [0.15, 0.2) is 28.8 Å². The summed E-state index contributed by atoms with van der Waals surface area (Å²) in [6.45, 7) is 0. The zero-order chi connectivity index (χ0) is 44.3. The van der Waals surface area contributed by atoms with Crippen molar-refractivity contribution in [2.75, 3.05) is 0 Å². The van der Waals surface area contributed by atoms with E-state index in [1.54, 1.807) is 0 Å². The SMILES string of the molecule is c1ccc(-c2nc(-c3ccccc3-c3ccc4c(c3)Oc3ccc5c(c3O4)-c3ccccc3C5(c3ccccc3)c3ccccc3)cc(-c3ccc(-c4ccccc4)c4ccccc34)n2)cc1. The average Bonchev–Trinajstić information content (AvgIpc) is 3.72. The third-order valence-corrected chi connectivity index (χ3v) is 13.5. The molecule has 314 valence electrons. The largest absolute Gasteiger partial charge is 0.449 e. The monoisotopic (exact) mass is 856 g/mol. The Kier molecular flexibility index (Phi) is 9.04. The maximum atomic E-state index is 7.00. The summed E-state index contributed by atoms with van der Waals surface area (Å²) in [7, 11) is 0. The van der Waals surface area contributed by atoms with Crippen LogP contribution in [0.15, 0.2) is 243 Å². The average molecular weight is 857 g/mol. The molecular weight excluding hydrogens is 817 g/mol. The molecule has 1 aromatic heterocycles. The van der Waals surface area contributed by atoms with Crippen LogP contribution in [0.4, 0.5) is 0 Å². The maximum absolute atomic E-state index is 7.00. The van der Waals surface area contributed by atoms with Gasteiger partial charge in [-0.2, -0.15) is 0 Å². The van der Waals surface area contributed by atoms with Gasteiger partial charge >= 0.3 is 0 Å². The van der Waals surface area contributed by atoms with Crippen molar-refractivity contribution in [3.8, 4) is 90.3 Å². The molecule has 0 bridgehead atoms. The lowest BCUT2D eigenvalue weighted by Gasteiger charge is -2.34. The first kappa shape index (κ1) is 38.6. The molecule has 0 saturated carbocycles. The molecule has 4 nitrogen and oxygen atoms in total. The predicted molar refractivity (Wildman–Crippen MR) is 271 cm³/mol. The highest BCUT2D eigenvalue weighted by Gasteiger charge is 2.48. The second kappa shape index (κ2) is 15.7. The minimum atomic E-state index is -0.541. The van der Waals surface area contributed by atoms with Gasteiger partial charge in [-0.25, -0.2) is 9.97 Å². The van der Waals surface area contributed by atoms with Crippen molar-refractivity contribution in [2.24, 2.45) is 0 Å². The van der Waals surface area contributed by atoms with Crippen LogP contribution in [0.25, 0.3) is 78.1 Å². The van der Waals surface area contributed by atoms with E-state index < -0.39 is 5.41 Å². The Morgan fingerprint density at radius 2 is 0.851 bits per heavy atom. The van der Waals surface area contributed by atoms with E-state index in [0.29, 0.717) is 23.1 Å². The summed E-state index contributed by atoms with van der Waals surface area (Å²) in [5.41, 5.74) is 15.5. The van der Waals surface area contributed by atoms with Gasteiger partial charge in [0.2, 0.25) is 0 Å². The van der Waals surface area contributed by atoms with Crippen LogP contribution in [0.2, 0.25) is 0 Å². The highest BCUT2D eigenvalue weighted by Crippen LogP contribution is 2.62. The predicted octanol–water partition coefficient (Wildman–Crippen LogP) is 16.2. The summed E-state index contributed by atoms with van der Waals surface area (Å²) < 4.78 is 13.9. The minimum absolute atomic E-state index is 0.541. The fourth-order valence-corrected chi connectivity index (χ4v) is 10.5.